The Balaban J connectivity index is 1.42. The smallest absolute Gasteiger partial charge is 0.265 e. The molecule has 2 aromatic rings. The molecule has 0 radical (unpaired) electrons. The highest BCUT2D eigenvalue weighted by atomic mass is 19.1. The number of nitrogens with zero attached hydrogens (tertiary/aromatic N) is 1. The standard InChI is InChI=1S/C21H21FN2O2/c1-14-21(25)23-19-7-2-15(12-20(19)26-14)13-24-10-8-17(9-11-24)16-3-5-18(22)6-4-16/h2-8,12,14H,9-11,13H2,1H3,(H,23,25). The molecule has 5 heteroatoms. The van der Waals surface area contributed by atoms with Gasteiger partial charge in [-0.15, -0.1) is 0 Å². The summed E-state index contributed by atoms with van der Waals surface area (Å²) in [5.41, 5.74) is 4.25. The summed E-state index contributed by atoms with van der Waals surface area (Å²) in [7, 11) is 0. The number of carbonyl (C=O) groups is 1. The Labute approximate surface area is 152 Å². The predicted octanol–water partition coefficient (Wildman–Crippen LogP) is 3.83. The lowest BCUT2D eigenvalue weighted by Gasteiger charge is -2.28. The number of benzene rings is 2. The average Bonchev–Trinajstić information content (AvgIpc) is 2.64. The van der Waals surface area contributed by atoms with Gasteiger partial charge in [0, 0.05) is 19.6 Å². The van der Waals surface area contributed by atoms with Crippen LogP contribution in [0.5, 0.6) is 5.75 Å². The van der Waals surface area contributed by atoms with E-state index >= 15 is 0 Å². The van der Waals surface area contributed by atoms with Gasteiger partial charge in [-0.1, -0.05) is 24.3 Å². The number of rotatable bonds is 3. The molecule has 26 heavy (non-hydrogen) atoms. The second-order valence-corrected chi connectivity index (χ2v) is 6.80. The van der Waals surface area contributed by atoms with Gasteiger partial charge in [-0.2, -0.15) is 0 Å². The van der Waals surface area contributed by atoms with Gasteiger partial charge in [-0.3, -0.25) is 9.69 Å². The molecule has 1 atom stereocenters. The van der Waals surface area contributed by atoms with Crippen LogP contribution >= 0.6 is 0 Å². The molecule has 2 aromatic carbocycles. The van der Waals surface area contributed by atoms with E-state index in [1.807, 2.05) is 30.3 Å². The summed E-state index contributed by atoms with van der Waals surface area (Å²) in [6.45, 7) is 4.38. The van der Waals surface area contributed by atoms with Crippen LogP contribution in [-0.2, 0) is 11.3 Å². The highest BCUT2D eigenvalue weighted by Crippen LogP contribution is 2.31. The van der Waals surface area contributed by atoms with E-state index in [0.717, 1.165) is 48.6 Å². The number of hydrogen-bond donors (Lipinski definition) is 1. The maximum absolute atomic E-state index is 13.1. The minimum absolute atomic E-state index is 0.111. The fraction of sp³-hybridized carbons (Fsp3) is 0.286. The highest BCUT2D eigenvalue weighted by molar-refractivity contribution is 5.97. The Morgan fingerprint density at radius 3 is 2.77 bits per heavy atom. The Bertz CT molecular complexity index is 861. The molecule has 1 unspecified atom stereocenters. The van der Waals surface area contributed by atoms with E-state index in [1.54, 1.807) is 6.92 Å². The van der Waals surface area contributed by atoms with Gasteiger partial charge in [0.1, 0.15) is 11.6 Å². The normalized spacial score (nSPS) is 20.0. The van der Waals surface area contributed by atoms with E-state index < -0.39 is 6.10 Å². The number of anilines is 1. The second-order valence-electron chi connectivity index (χ2n) is 6.80. The predicted molar refractivity (Wildman–Crippen MR) is 99.4 cm³/mol. The summed E-state index contributed by atoms with van der Waals surface area (Å²) < 4.78 is 18.7. The van der Waals surface area contributed by atoms with Crippen LogP contribution in [0.3, 0.4) is 0 Å². The highest BCUT2D eigenvalue weighted by Gasteiger charge is 2.23. The lowest BCUT2D eigenvalue weighted by atomic mass is 9.99. The molecule has 1 amide bonds. The molecule has 0 aromatic heterocycles. The summed E-state index contributed by atoms with van der Waals surface area (Å²) in [6.07, 6.45) is 2.70. The van der Waals surface area contributed by atoms with Gasteiger partial charge in [0.2, 0.25) is 0 Å². The van der Waals surface area contributed by atoms with Gasteiger partial charge in [0.15, 0.2) is 6.10 Å². The van der Waals surface area contributed by atoms with Gasteiger partial charge < -0.3 is 10.1 Å². The molecule has 0 aliphatic carbocycles. The number of fused-ring (bicyclic) bond motifs is 1. The molecular formula is C21H21FN2O2. The molecule has 1 N–H and O–H groups in total. The molecule has 0 fully saturated rings. The molecular weight excluding hydrogens is 331 g/mol. The van der Waals surface area contributed by atoms with Crippen molar-refractivity contribution in [3.63, 3.8) is 0 Å². The minimum Gasteiger partial charge on any atom is -0.479 e. The van der Waals surface area contributed by atoms with Crippen molar-refractivity contribution in [2.45, 2.75) is 26.0 Å². The molecule has 4 nitrogen and oxygen atoms in total. The topological polar surface area (TPSA) is 41.6 Å². The molecule has 4 rings (SSSR count). The Hall–Kier alpha value is -2.66. The van der Waals surface area contributed by atoms with E-state index in [1.165, 1.54) is 17.7 Å². The number of carbonyl (C=O) groups excluding carboxylic acids is 1. The quantitative estimate of drug-likeness (QED) is 0.913. The summed E-state index contributed by atoms with van der Waals surface area (Å²) in [4.78, 5) is 14.0. The van der Waals surface area contributed by atoms with Crippen molar-refractivity contribution in [3.8, 4) is 5.75 Å². The van der Waals surface area contributed by atoms with E-state index in [4.69, 9.17) is 4.74 Å². The zero-order chi connectivity index (χ0) is 18.1. The molecule has 2 aliphatic heterocycles. The van der Waals surface area contributed by atoms with Crippen LogP contribution in [0.1, 0.15) is 24.5 Å². The molecule has 0 bridgehead atoms. The van der Waals surface area contributed by atoms with Crippen molar-refractivity contribution in [1.29, 1.82) is 0 Å². The van der Waals surface area contributed by atoms with Crippen LogP contribution in [0.2, 0.25) is 0 Å². The molecule has 2 aliphatic rings. The number of hydrogen-bond acceptors (Lipinski definition) is 3. The van der Waals surface area contributed by atoms with Crippen molar-refractivity contribution in [2.75, 3.05) is 18.4 Å². The first-order chi connectivity index (χ1) is 12.6. The summed E-state index contributed by atoms with van der Waals surface area (Å²) in [5.74, 6) is 0.417. The lowest BCUT2D eigenvalue weighted by molar-refractivity contribution is -0.122. The van der Waals surface area contributed by atoms with E-state index in [-0.39, 0.29) is 11.7 Å². The van der Waals surface area contributed by atoms with Gasteiger partial charge in [0.25, 0.3) is 5.91 Å². The second kappa shape index (κ2) is 6.92. The fourth-order valence-corrected chi connectivity index (χ4v) is 3.38. The summed E-state index contributed by atoms with van der Waals surface area (Å²) in [6, 6.07) is 12.6. The Morgan fingerprint density at radius 2 is 2.04 bits per heavy atom. The van der Waals surface area contributed by atoms with Gasteiger partial charge >= 0.3 is 0 Å². The van der Waals surface area contributed by atoms with Crippen LogP contribution in [-0.4, -0.2) is 30.0 Å². The number of halogens is 1. The van der Waals surface area contributed by atoms with Crippen LogP contribution in [0.4, 0.5) is 10.1 Å². The van der Waals surface area contributed by atoms with Gasteiger partial charge in [-0.05, 0) is 54.3 Å². The first-order valence-corrected chi connectivity index (χ1v) is 8.86. The van der Waals surface area contributed by atoms with Crippen LogP contribution in [0.25, 0.3) is 5.57 Å². The molecule has 134 valence electrons. The van der Waals surface area contributed by atoms with Crippen molar-refractivity contribution in [2.24, 2.45) is 0 Å². The Kier molecular flexibility index (Phi) is 4.47. The summed E-state index contributed by atoms with van der Waals surface area (Å²) >= 11 is 0. The number of ether oxygens (including phenoxy) is 1. The number of nitrogens with one attached hydrogen (secondary N) is 1. The van der Waals surface area contributed by atoms with Gasteiger partial charge in [-0.25, -0.2) is 4.39 Å². The monoisotopic (exact) mass is 352 g/mol. The maximum atomic E-state index is 13.1. The maximum Gasteiger partial charge on any atom is 0.265 e. The summed E-state index contributed by atoms with van der Waals surface area (Å²) in [5, 5.41) is 2.85. The molecule has 0 spiro atoms. The third kappa shape index (κ3) is 3.48. The van der Waals surface area contributed by atoms with E-state index in [9.17, 15) is 9.18 Å². The first-order valence-electron chi connectivity index (χ1n) is 8.86. The van der Waals surface area contributed by atoms with Crippen molar-refractivity contribution < 1.29 is 13.9 Å². The average molecular weight is 352 g/mol. The van der Waals surface area contributed by atoms with Crippen LogP contribution in [0.15, 0.2) is 48.5 Å². The van der Waals surface area contributed by atoms with Crippen LogP contribution < -0.4 is 10.1 Å². The Morgan fingerprint density at radius 1 is 1.23 bits per heavy atom. The number of amides is 1. The SMILES string of the molecule is CC1Oc2cc(CN3CC=C(c4ccc(F)cc4)CC3)ccc2NC1=O. The third-order valence-electron chi connectivity index (χ3n) is 4.89. The minimum atomic E-state index is -0.464. The first kappa shape index (κ1) is 16.8. The fourth-order valence-electron chi connectivity index (χ4n) is 3.38. The zero-order valence-corrected chi connectivity index (χ0v) is 14.7. The van der Waals surface area contributed by atoms with E-state index in [2.05, 4.69) is 16.3 Å². The molecule has 0 saturated heterocycles. The largest absolute Gasteiger partial charge is 0.479 e. The molecule has 0 saturated carbocycles. The van der Waals surface area contributed by atoms with Crippen LogP contribution in [0, 0.1) is 5.82 Å². The lowest BCUT2D eigenvalue weighted by Crippen LogP contribution is -2.34. The van der Waals surface area contributed by atoms with Crippen molar-refractivity contribution >= 4 is 17.2 Å². The van der Waals surface area contributed by atoms with Crippen molar-refractivity contribution in [3.05, 3.63) is 65.5 Å². The van der Waals surface area contributed by atoms with E-state index in [0.29, 0.717) is 0 Å². The third-order valence-corrected chi connectivity index (χ3v) is 4.89. The van der Waals surface area contributed by atoms with Gasteiger partial charge in [0.05, 0.1) is 5.69 Å². The van der Waals surface area contributed by atoms with Crippen molar-refractivity contribution in [1.82, 2.24) is 4.90 Å². The molecule has 2 heterocycles. The zero-order valence-electron chi connectivity index (χ0n) is 14.7.